The number of hydrogen-bond donors (Lipinski definition) is 1. The van der Waals surface area contributed by atoms with Gasteiger partial charge in [0.05, 0.1) is 30.7 Å². The van der Waals surface area contributed by atoms with Crippen molar-refractivity contribution in [1.29, 1.82) is 0 Å². The third-order valence-corrected chi connectivity index (χ3v) is 6.00. The lowest BCUT2D eigenvalue weighted by atomic mass is 9.75. The fraction of sp³-hybridized carbons (Fsp3) is 0.333. The van der Waals surface area contributed by atoms with Gasteiger partial charge < -0.3 is 14.5 Å². The number of aliphatic imine (C=N–C) groups is 1. The molecule has 0 fully saturated rings. The van der Waals surface area contributed by atoms with Crippen molar-refractivity contribution in [3.63, 3.8) is 0 Å². The number of nitrogens with zero attached hydrogens (tertiary/aromatic N) is 2. The first-order valence-electron chi connectivity index (χ1n) is 9.49. The van der Waals surface area contributed by atoms with Gasteiger partial charge in [0.1, 0.15) is 12.6 Å². The molecule has 0 radical (unpaired) electrons. The molecule has 2 aromatic rings. The Kier molecular flexibility index (Phi) is 7.86. The van der Waals surface area contributed by atoms with Gasteiger partial charge >= 0.3 is 11.9 Å². The zero-order valence-electron chi connectivity index (χ0n) is 16.9. The molecule has 1 aromatic carbocycles. The molecule has 1 aliphatic heterocycles. The van der Waals surface area contributed by atoms with Crippen LogP contribution in [0.5, 0.6) is 0 Å². The summed E-state index contributed by atoms with van der Waals surface area (Å²) in [7, 11) is 1.21. The molecule has 164 valence electrons. The predicted octanol–water partition coefficient (Wildman–Crippen LogP) is 3.97. The average molecular weight is 466 g/mol. The Bertz CT molecular complexity index is 1010. The number of H-pyrrole nitrogens is 1. The number of hydrogen-bond acceptors (Lipinski definition) is 7. The Morgan fingerprint density at radius 2 is 2.10 bits per heavy atom. The number of rotatable bonds is 8. The number of carbonyl (C=O) groups excluding carboxylic acids is 2. The van der Waals surface area contributed by atoms with Gasteiger partial charge in [-0.25, -0.2) is 14.2 Å². The molecule has 2 unspecified atom stereocenters. The number of benzene rings is 1. The number of methoxy groups -OCH3 is 1. The predicted molar refractivity (Wildman–Crippen MR) is 116 cm³/mol. The van der Waals surface area contributed by atoms with Crippen LogP contribution in [0, 0.1) is 5.92 Å². The summed E-state index contributed by atoms with van der Waals surface area (Å²) in [6.45, 7) is 0.821. The first-order valence-corrected chi connectivity index (χ1v) is 10.9. The van der Waals surface area contributed by atoms with Crippen molar-refractivity contribution in [2.75, 3.05) is 26.1 Å². The third-order valence-electron chi connectivity index (χ3n) is 4.74. The maximum atomic E-state index is 14.0. The fourth-order valence-corrected chi connectivity index (χ4v) is 4.48. The van der Waals surface area contributed by atoms with Crippen LogP contribution in [0.4, 0.5) is 4.39 Å². The number of halogens is 2. The molecular weight excluding hydrogens is 445 g/mol. The zero-order chi connectivity index (χ0) is 22.4. The van der Waals surface area contributed by atoms with Gasteiger partial charge in [0.2, 0.25) is 0 Å². The summed E-state index contributed by atoms with van der Waals surface area (Å²) in [4.78, 5) is 37.2. The van der Waals surface area contributed by atoms with Gasteiger partial charge in [-0.05, 0) is 18.6 Å². The largest absolute Gasteiger partial charge is 0.468 e. The number of alkyl halides is 1. The van der Waals surface area contributed by atoms with Gasteiger partial charge in [-0.2, -0.15) is 0 Å². The summed E-state index contributed by atoms with van der Waals surface area (Å²) in [6.07, 6.45) is 3.26. The quantitative estimate of drug-likeness (QED) is 0.468. The summed E-state index contributed by atoms with van der Waals surface area (Å²) in [5, 5.41) is 0.943. The first-order chi connectivity index (χ1) is 15.0. The van der Waals surface area contributed by atoms with Crippen molar-refractivity contribution < 1.29 is 23.5 Å². The third kappa shape index (κ3) is 4.99. The Balaban J connectivity index is 2.19. The Hall–Kier alpha value is -2.65. The zero-order valence-corrected chi connectivity index (χ0v) is 18.5. The lowest BCUT2D eigenvalue weighted by Gasteiger charge is -2.32. The number of carbonyl (C=O) groups is 2. The highest BCUT2D eigenvalue weighted by atomic mass is 35.5. The molecule has 0 aliphatic carbocycles. The number of ether oxygens (including phenoxy) is 2. The molecular formula is C21H21ClFN3O4S. The monoisotopic (exact) mass is 465 g/mol. The number of aromatic amines is 1. The molecule has 0 saturated heterocycles. The van der Waals surface area contributed by atoms with E-state index < -0.39 is 30.4 Å². The normalized spacial score (nSPS) is 18.5. The summed E-state index contributed by atoms with van der Waals surface area (Å²) in [6, 6.07) is 6.80. The van der Waals surface area contributed by atoms with E-state index in [1.54, 1.807) is 43.6 Å². The highest BCUT2D eigenvalue weighted by Crippen LogP contribution is 2.43. The average Bonchev–Trinajstić information content (AvgIpc) is 3.30. The molecule has 10 heteroatoms. The molecule has 2 atom stereocenters. The number of aromatic nitrogens is 2. The molecule has 0 saturated carbocycles. The Morgan fingerprint density at radius 1 is 1.32 bits per heavy atom. The molecule has 3 rings (SSSR count). The summed E-state index contributed by atoms with van der Waals surface area (Å²) < 4.78 is 24.3. The van der Waals surface area contributed by atoms with Crippen LogP contribution >= 0.6 is 23.4 Å². The van der Waals surface area contributed by atoms with Crippen LogP contribution in [0.2, 0.25) is 5.02 Å². The smallest absolute Gasteiger partial charge is 0.336 e. The van der Waals surface area contributed by atoms with Gasteiger partial charge in [-0.1, -0.05) is 41.6 Å². The van der Waals surface area contributed by atoms with Gasteiger partial charge in [0.15, 0.2) is 5.16 Å². The molecule has 1 N–H and O–H groups in total. The van der Waals surface area contributed by atoms with E-state index in [1.807, 2.05) is 0 Å². The standard InChI is InChI=1S/C21H21ClFN3O4S/c1-3-30-20(28)18-15(11-31-21-24-8-9-25-21)26-14(10-23)17(19(27)29-2)16(18)12-6-4-5-7-13(12)22/h4-9,16-17H,3,10-11H2,1-2H3,(H,24,25). The Morgan fingerprint density at radius 3 is 2.71 bits per heavy atom. The van der Waals surface area contributed by atoms with Gasteiger partial charge in [-0.15, -0.1) is 0 Å². The van der Waals surface area contributed by atoms with E-state index in [-0.39, 0.29) is 23.6 Å². The molecule has 2 heterocycles. The van der Waals surface area contributed by atoms with Crippen molar-refractivity contribution in [1.82, 2.24) is 9.97 Å². The fourth-order valence-electron chi connectivity index (χ4n) is 3.45. The maximum Gasteiger partial charge on any atom is 0.336 e. The Labute approximate surface area is 188 Å². The second kappa shape index (κ2) is 10.6. The summed E-state index contributed by atoms with van der Waals surface area (Å²) >= 11 is 7.73. The summed E-state index contributed by atoms with van der Waals surface area (Å²) in [5.74, 6) is -3.19. The minimum Gasteiger partial charge on any atom is -0.468 e. The van der Waals surface area contributed by atoms with Crippen molar-refractivity contribution in [3.8, 4) is 0 Å². The number of thioether (sulfide) groups is 1. The van der Waals surface area contributed by atoms with Crippen LogP contribution in [0.3, 0.4) is 0 Å². The van der Waals surface area contributed by atoms with E-state index in [0.29, 0.717) is 21.4 Å². The van der Waals surface area contributed by atoms with Crippen LogP contribution in [-0.4, -0.2) is 53.8 Å². The van der Waals surface area contributed by atoms with E-state index in [2.05, 4.69) is 15.0 Å². The molecule has 1 aromatic heterocycles. The summed E-state index contributed by atoms with van der Waals surface area (Å²) in [5.41, 5.74) is 0.919. The van der Waals surface area contributed by atoms with E-state index in [1.165, 1.54) is 18.9 Å². The number of imidazole rings is 1. The molecule has 1 aliphatic rings. The van der Waals surface area contributed by atoms with E-state index >= 15 is 0 Å². The SMILES string of the molecule is CCOC(=O)C1=C(CSc2ncc[nH]2)N=C(CF)C(C(=O)OC)C1c1ccccc1Cl. The highest BCUT2D eigenvalue weighted by Gasteiger charge is 2.45. The van der Waals surface area contributed by atoms with Crippen molar-refractivity contribution in [3.05, 3.63) is 58.5 Å². The minimum atomic E-state index is -1.15. The van der Waals surface area contributed by atoms with Crippen molar-refractivity contribution in [2.24, 2.45) is 10.9 Å². The first kappa shape index (κ1) is 23.0. The van der Waals surface area contributed by atoms with E-state index in [0.717, 1.165) is 0 Å². The van der Waals surface area contributed by atoms with Gasteiger partial charge in [0, 0.05) is 29.1 Å². The van der Waals surface area contributed by atoms with Gasteiger partial charge in [-0.3, -0.25) is 9.79 Å². The van der Waals surface area contributed by atoms with Crippen LogP contribution in [0.15, 0.2) is 58.1 Å². The van der Waals surface area contributed by atoms with Crippen LogP contribution in [0.25, 0.3) is 0 Å². The lowest BCUT2D eigenvalue weighted by Crippen LogP contribution is -2.38. The molecule has 0 bridgehead atoms. The van der Waals surface area contributed by atoms with E-state index in [4.69, 9.17) is 21.1 Å². The van der Waals surface area contributed by atoms with Crippen LogP contribution < -0.4 is 0 Å². The van der Waals surface area contributed by atoms with Crippen molar-refractivity contribution in [2.45, 2.75) is 18.0 Å². The highest BCUT2D eigenvalue weighted by molar-refractivity contribution is 7.99. The maximum absolute atomic E-state index is 14.0. The molecule has 0 amide bonds. The second-order valence-electron chi connectivity index (χ2n) is 6.50. The minimum absolute atomic E-state index is 0.0279. The number of nitrogens with one attached hydrogen (secondary N) is 1. The van der Waals surface area contributed by atoms with Crippen LogP contribution in [-0.2, 0) is 19.1 Å². The second-order valence-corrected chi connectivity index (χ2v) is 7.87. The lowest BCUT2D eigenvalue weighted by molar-refractivity contribution is -0.144. The van der Waals surface area contributed by atoms with Crippen molar-refractivity contribution >= 4 is 41.0 Å². The molecule has 0 spiro atoms. The molecule has 31 heavy (non-hydrogen) atoms. The number of esters is 2. The molecule has 7 nitrogen and oxygen atoms in total. The topological polar surface area (TPSA) is 93.6 Å². The van der Waals surface area contributed by atoms with Gasteiger partial charge in [0.25, 0.3) is 0 Å². The van der Waals surface area contributed by atoms with Crippen LogP contribution in [0.1, 0.15) is 18.4 Å². The van der Waals surface area contributed by atoms with E-state index in [9.17, 15) is 14.0 Å².